The van der Waals surface area contributed by atoms with E-state index in [-0.39, 0.29) is 25.0 Å². The van der Waals surface area contributed by atoms with Gasteiger partial charge in [0, 0.05) is 6.42 Å². The highest BCUT2D eigenvalue weighted by Gasteiger charge is 2.35. The molecule has 0 N–H and O–H groups in total. The Labute approximate surface area is 139 Å². The summed E-state index contributed by atoms with van der Waals surface area (Å²) in [5.74, 6) is -0.189. The number of halogens is 1. The molecule has 1 saturated heterocycles. The van der Waals surface area contributed by atoms with Gasteiger partial charge in [0.15, 0.2) is 11.6 Å². The fourth-order valence-electron chi connectivity index (χ4n) is 2.42. The molecule has 1 amide bonds. The van der Waals surface area contributed by atoms with E-state index in [2.05, 4.69) is 0 Å². The molecule has 5 nitrogen and oxygen atoms in total. The first-order valence-corrected chi connectivity index (χ1v) is 7.77. The van der Waals surface area contributed by atoms with Crippen LogP contribution in [0.25, 0.3) is 0 Å². The van der Waals surface area contributed by atoms with Crippen LogP contribution >= 0.6 is 0 Å². The SMILES string of the molecule is O=C1OC[C@H](c2ccccc2)N1OCCCOc1ccccc1F. The molecule has 0 spiro atoms. The second kappa shape index (κ2) is 7.79. The number of para-hydroxylation sites is 1. The highest BCUT2D eigenvalue weighted by molar-refractivity contribution is 5.69. The number of carbonyl (C=O) groups is 1. The van der Waals surface area contributed by atoms with Gasteiger partial charge in [0.1, 0.15) is 12.6 Å². The van der Waals surface area contributed by atoms with Crippen LogP contribution in [0.1, 0.15) is 18.0 Å². The van der Waals surface area contributed by atoms with Crippen molar-refractivity contribution in [2.45, 2.75) is 12.5 Å². The fourth-order valence-corrected chi connectivity index (χ4v) is 2.42. The van der Waals surface area contributed by atoms with Gasteiger partial charge in [-0.25, -0.2) is 9.18 Å². The molecule has 0 saturated carbocycles. The minimum Gasteiger partial charge on any atom is -0.490 e. The molecular weight excluding hydrogens is 313 g/mol. The Morgan fingerprint density at radius 2 is 1.83 bits per heavy atom. The average Bonchev–Trinajstić information content (AvgIpc) is 2.98. The van der Waals surface area contributed by atoms with Gasteiger partial charge in [-0.2, -0.15) is 5.06 Å². The van der Waals surface area contributed by atoms with Gasteiger partial charge in [0.05, 0.1) is 13.2 Å². The number of hydrogen-bond donors (Lipinski definition) is 0. The smallest absolute Gasteiger partial charge is 0.434 e. The van der Waals surface area contributed by atoms with Crippen LogP contribution < -0.4 is 4.74 Å². The number of nitrogens with zero attached hydrogens (tertiary/aromatic N) is 1. The van der Waals surface area contributed by atoms with Gasteiger partial charge in [-0.1, -0.05) is 42.5 Å². The Morgan fingerprint density at radius 3 is 2.62 bits per heavy atom. The normalized spacial score (nSPS) is 17.0. The lowest BCUT2D eigenvalue weighted by atomic mass is 10.1. The third kappa shape index (κ3) is 3.83. The Morgan fingerprint density at radius 1 is 1.08 bits per heavy atom. The summed E-state index contributed by atoms with van der Waals surface area (Å²) in [6.45, 7) is 0.821. The predicted octanol–water partition coefficient (Wildman–Crippen LogP) is 3.72. The molecule has 6 heteroatoms. The van der Waals surface area contributed by atoms with E-state index in [4.69, 9.17) is 14.3 Å². The van der Waals surface area contributed by atoms with E-state index in [9.17, 15) is 9.18 Å². The van der Waals surface area contributed by atoms with Crippen LogP contribution in [0.2, 0.25) is 0 Å². The van der Waals surface area contributed by atoms with Crippen molar-refractivity contribution in [3.63, 3.8) is 0 Å². The molecule has 3 rings (SSSR count). The summed E-state index contributed by atoms with van der Waals surface area (Å²) in [6.07, 6.45) is 0.0125. The van der Waals surface area contributed by atoms with Crippen LogP contribution in [0.15, 0.2) is 54.6 Å². The van der Waals surface area contributed by atoms with Crippen LogP contribution in [-0.2, 0) is 9.57 Å². The first-order valence-electron chi connectivity index (χ1n) is 7.77. The largest absolute Gasteiger partial charge is 0.490 e. The monoisotopic (exact) mass is 331 g/mol. The van der Waals surface area contributed by atoms with Gasteiger partial charge in [-0.05, 0) is 17.7 Å². The summed E-state index contributed by atoms with van der Waals surface area (Å²) in [6, 6.07) is 15.5. The maximum Gasteiger partial charge on any atom is 0.434 e. The number of hydroxylamine groups is 2. The number of hydrogen-bond acceptors (Lipinski definition) is 4. The number of benzene rings is 2. The molecule has 24 heavy (non-hydrogen) atoms. The molecule has 0 unspecified atom stereocenters. The second-order valence-electron chi connectivity index (χ2n) is 5.29. The van der Waals surface area contributed by atoms with Crippen molar-refractivity contribution in [2.24, 2.45) is 0 Å². The molecule has 0 aromatic heterocycles. The molecule has 0 bridgehead atoms. The van der Waals surface area contributed by atoms with Crippen LogP contribution in [0.4, 0.5) is 9.18 Å². The van der Waals surface area contributed by atoms with Crippen LogP contribution in [-0.4, -0.2) is 31.0 Å². The van der Waals surface area contributed by atoms with Crippen LogP contribution in [0, 0.1) is 5.82 Å². The molecule has 1 heterocycles. The van der Waals surface area contributed by atoms with Gasteiger partial charge < -0.3 is 9.47 Å². The van der Waals surface area contributed by atoms with Gasteiger partial charge in [-0.15, -0.1) is 0 Å². The lowest BCUT2D eigenvalue weighted by molar-refractivity contribution is -0.134. The second-order valence-corrected chi connectivity index (χ2v) is 5.29. The van der Waals surface area contributed by atoms with Gasteiger partial charge in [-0.3, -0.25) is 4.84 Å². The number of amides is 1. The van der Waals surface area contributed by atoms with Crippen LogP contribution in [0.3, 0.4) is 0 Å². The predicted molar refractivity (Wildman–Crippen MR) is 84.8 cm³/mol. The summed E-state index contributed by atoms with van der Waals surface area (Å²) in [5.41, 5.74) is 0.950. The summed E-state index contributed by atoms with van der Waals surface area (Å²) in [7, 11) is 0. The summed E-state index contributed by atoms with van der Waals surface area (Å²) in [4.78, 5) is 17.3. The van der Waals surface area contributed by atoms with Crippen molar-refractivity contribution in [2.75, 3.05) is 19.8 Å². The van der Waals surface area contributed by atoms with Crippen molar-refractivity contribution >= 4 is 6.09 Å². The molecule has 1 aliphatic heterocycles. The van der Waals surface area contributed by atoms with E-state index in [1.165, 1.54) is 11.1 Å². The standard InChI is InChI=1S/C18H18FNO4/c19-15-9-4-5-10-17(15)22-11-6-12-24-20-16(13-23-18(20)21)14-7-2-1-3-8-14/h1-5,7-10,16H,6,11-13H2/t16-/m1/s1. The molecule has 2 aromatic carbocycles. The summed E-state index contributed by atoms with van der Waals surface area (Å²) >= 11 is 0. The zero-order valence-corrected chi connectivity index (χ0v) is 13.1. The average molecular weight is 331 g/mol. The third-order valence-electron chi connectivity index (χ3n) is 3.63. The molecule has 1 atom stereocenters. The maximum absolute atomic E-state index is 13.4. The van der Waals surface area contributed by atoms with E-state index in [1.54, 1.807) is 18.2 Å². The zero-order chi connectivity index (χ0) is 16.8. The fraction of sp³-hybridized carbons (Fsp3) is 0.278. The first kappa shape index (κ1) is 16.3. The molecule has 1 fully saturated rings. The number of carbonyl (C=O) groups excluding carboxylic acids is 1. The Kier molecular flexibility index (Phi) is 5.28. The van der Waals surface area contributed by atoms with Crippen molar-refractivity contribution in [1.29, 1.82) is 0 Å². The topological polar surface area (TPSA) is 48.0 Å². The highest BCUT2D eigenvalue weighted by Crippen LogP contribution is 2.27. The summed E-state index contributed by atoms with van der Waals surface area (Å²) < 4.78 is 23.8. The number of ether oxygens (including phenoxy) is 2. The molecule has 126 valence electrons. The molecule has 2 aromatic rings. The third-order valence-corrected chi connectivity index (χ3v) is 3.63. The number of cyclic esters (lactones) is 1. The van der Waals surface area contributed by atoms with E-state index in [0.717, 1.165) is 5.56 Å². The quantitative estimate of drug-likeness (QED) is 0.726. The Hall–Kier alpha value is -2.60. The molecule has 1 aliphatic rings. The Bertz CT molecular complexity index is 680. The highest BCUT2D eigenvalue weighted by atomic mass is 19.1. The first-order chi connectivity index (χ1) is 11.8. The lowest BCUT2D eigenvalue weighted by Gasteiger charge is -2.20. The lowest BCUT2D eigenvalue weighted by Crippen LogP contribution is -2.28. The van der Waals surface area contributed by atoms with Gasteiger partial charge in [0.2, 0.25) is 0 Å². The van der Waals surface area contributed by atoms with Gasteiger partial charge in [0.25, 0.3) is 0 Å². The maximum atomic E-state index is 13.4. The van der Waals surface area contributed by atoms with Crippen molar-refractivity contribution < 1.29 is 23.5 Å². The zero-order valence-electron chi connectivity index (χ0n) is 13.1. The van der Waals surface area contributed by atoms with E-state index in [0.29, 0.717) is 13.0 Å². The van der Waals surface area contributed by atoms with Crippen molar-refractivity contribution in [3.05, 3.63) is 66.0 Å². The van der Waals surface area contributed by atoms with Crippen molar-refractivity contribution in [1.82, 2.24) is 5.06 Å². The Balaban J connectivity index is 1.47. The van der Waals surface area contributed by atoms with E-state index >= 15 is 0 Å². The van der Waals surface area contributed by atoms with Gasteiger partial charge >= 0.3 is 6.09 Å². The van der Waals surface area contributed by atoms with E-state index < -0.39 is 11.9 Å². The van der Waals surface area contributed by atoms with Crippen LogP contribution in [0.5, 0.6) is 5.75 Å². The summed E-state index contributed by atoms with van der Waals surface area (Å²) in [5, 5.41) is 1.25. The number of rotatable bonds is 7. The minimum absolute atomic E-state index is 0.209. The molecular formula is C18H18FNO4. The van der Waals surface area contributed by atoms with Crippen molar-refractivity contribution in [3.8, 4) is 5.75 Å². The minimum atomic E-state index is -0.501. The molecule has 0 radical (unpaired) electrons. The van der Waals surface area contributed by atoms with E-state index in [1.807, 2.05) is 30.3 Å². The molecule has 0 aliphatic carbocycles.